The summed E-state index contributed by atoms with van der Waals surface area (Å²) in [4.78, 5) is 0. The van der Waals surface area contributed by atoms with E-state index in [-0.39, 0.29) is 5.82 Å². The SMILES string of the molecule is OC1CC(c2ccc(F)cc2)CCN1. The molecular formula is C11H14FNO. The second-order valence-corrected chi connectivity index (χ2v) is 3.74. The summed E-state index contributed by atoms with van der Waals surface area (Å²) in [7, 11) is 0. The average Bonchev–Trinajstić information content (AvgIpc) is 2.19. The van der Waals surface area contributed by atoms with Gasteiger partial charge in [0.15, 0.2) is 0 Å². The summed E-state index contributed by atoms with van der Waals surface area (Å²) < 4.78 is 12.7. The lowest BCUT2D eigenvalue weighted by molar-refractivity contribution is 0.0978. The average molecular weight is 195 g/mol. The van der Waals surface area contributed by atoms with Crippen LogP contribution in [0.3, 0.4) is 0 Å². The fourth-order valence-electron chi connectivity index (χ4n) is 1.93. The first-order valence-electron chi connectivity index (χ1n) is 4.92. The summed E-state index contributed by atoms with van der Waals surface area (Å²) in [6.45, 7) is 0.823. The number of halogens is 1. The standard InChI is InChI=1S/C11H14FNO/c12-10-3-1-8(2-4-10)9-5-6-13-11(14)7-9/h1-4,9,11,13-14H,5-7H2. The maximum Gasteiger partial charge on any atom is 0.123 e. The monoisotopic (exact) mass is 195 g/mol. The van der Waals surface area contributed by atoms with Crippen LogP contribution in [0.5, 0.6) is 0 Å². The molecule has 76 valence electrons. The molecule has 1 aromatic rings. The van der Waals surface area contributed by atoms with Crippen molar-refractivity contribution in [2.75, 3.05) is 6.54 Å². The number of aliphatic hydroxyl groups is 1. The van der Waals surface area contributed by atoms with Crippen molar-refractivity contribution in [3.8, 4) is 0 Å². The van der Waals surface area contributed by atoms with Gasteiger partial charge in [0.1, 0.15) is 12.0 Å². The van der Waals surface area contributed by atoms with Crippen molar-refractivity contribution in [2.45, 2.75) is 25.0 Å². The highest BCUT2D eigenvalue weighted by molar-refractivity contribution is 5.21. The zero-order chi connectivity index (χ0) is 9.97. The van der Waals surface area contributed by atoms with E-state index in [9.17, 15) is 9.50 Å². The molecule has 0 spiro atoms. The van der Waals surface area contributed by atoms with E-state index >= 15 is 0 Å². The third-order valence-electron chi connectivity index (χ3n) is 2.72. The van der Waals surface area contributed by atoms with Crippen LogP contribution in [0.15, 0.2) is 24.3 Å². The number of rotatable bonds is 1. The van der Waals surface area contributed by atoms with Gasteiger partial charge >= 0.3 is 0 Å². The molecule has 0 bridgehead atoms. The van der Waals surface area contributed by atoms with Crippen molar-refractivity contribution >= 4 is 0 Å². The van der Waals surface area contributed by atoms with Crippen molar-refractivity contribution in [3.05, 3.63) is 35.6 Å². The summed E-state index contributed by atoms with van der Waals surface area (Å²) in [5.74, 6) is 0.148. The highest BCUT2D eigenvalue weighted by Crippen LogP contribution is 2.26. The van der Waals surface area contributed by atoms with Crippen LogP contribution in [0.25, 0.3) is 0 Å². The van der Waals surface area contributed by atoms with Gasteiger partial charge in [-0.25, -0.2) is 4.39 Å². The predicted octanol–water partition coefficient (Wildman–Crippen LogP) is 1.61. The van der Waals surface area contributed by atoms with Gasteiger partial charge in [0.2, 0.25) is 0 Å². The first kappa shape index (κ1) is 9.62. The number of benzene rings is 1. The lowest BCUT2D eigenvalue weighted by Gasteiger charge is -2.27. The molecular weight excluding hydrogens is 181 g/mol. The van der Waals surface area contributed by atoms with Crippen LogP contribution in [0, 0.1) is 5.82 Å². The Kier molecular flexibility index (Phi) is 2.79. The normalized spacial score (nSPS) is 27.6. The van der Waals surface area contributed by atoms with Crippen LogP contribution in [0.2, 0.25) is 0 Å². The Morgan fingerprint density at radius 2 is 2.00 bits per heavy atom. The maximum absolute atomic E-state index is 12.7. The number of aliphatic hydroxyl groups excluding tert-OH is 1. The van der Waals surface area contributed by atoms with E-state index in [1.807, 2.05) is 0 Å². The molecule has 1 aliphatic rings. The third kappa shape index (κ3) is 2.11. The number of hydrogen-bond acceptors (Lipinski definition) is 2. The van der Waals surface area contributed by atoms with Crippen LogP contribution >= 0.6 is 0 Å². The number of piperidine rings is 1. The largest absolute Gasteiger partial charge is 0.379 e. The van der Waals surface area contributed by atoms with E-state index in [0.717, 1.165) is 18.5 Å². The minimum atomic E-state index is -0.418. The van der Waals surface area contributed by atoms with Crippen molar-refractivity contribution in [1.82, 2.24) is 5.32 Å². The number of hydrogen-bond donors (Lipinski definition) is 2. The molecule has 2 N–H and O–H groups in total. The molecule has 2 unspecified atom stereocenters. The zero-order valence-electron chi connectivity index (χ0n) is 7.91. The summed E-state index contributed by atoms with van der Waals surface area (Å²) in [6.07, 6.45) is 1.30. The lowest BCUT2D eigenvalue weighted by Crippen LogP contribution is -2.36. The first-order valence-corrected chi connectivity index (χ1v) is 4.92. The summed E-state index contributed by atoms with van der Waals surface area (Å²) in [5, 5.41) is 12.4. The predicted molar refractivity (Wildman–Crippen MR) is 52.4 cm³/mol. The van der Waals surface area contributed by atoms with Crippen LogP contribution in [0.4, 0.5) is 4.39 Å². The highest BCUT2D eigenvalue weighted by atomic mass is 19.1. The topological polar surface area (TPSA) is 32.3 Å². The van der Waals surface area contributed by atoms with E-state index in [1.165, 1.54) is 12.1 Å². The Morgan fingerprint density at radius 3 is 2.64 bits per heavy atom. The fourth-order valence-corrected chi connectivity index (χ4v) is 1.93. The molecule has 2 rings (SSSR count). The molecule has 3 heteroatoms. The van der Waals surface area contributed by atoms with Crippen molar-refractivity contribution in [2.24, 2.45) is 0 Å². The second kappa shape index (κ2) is 4.07. The van der Waals surface area contributed by atoms with Gasteiger partial charge in [-0.15, -0.1) is 0 Å². The van der Waals surface area contributed by atoms with E-state index in [1.54, 1.807) is 12.1 Å². The van der Waals surface area contributed by atoms with E-state index in [4.69, 9.17) is 0 Å². The molecule has 1 aliphatic heterocycles. The van der Waals surface area contributed by atoms with Gasteiger partial charge in [-0.1, -0.05) is 12.1 Å². The molecule has 14 heavy (non-hydrogen) atoms. The lowest BCUT2D eigenvalue weighted by atomic mass is 9.89. The molecule has 1 aromatic carbocycles. The Balaban J connectivity index is 2.10. The molecule has 1 saturated heterocycles. The highest BCUT2D eigenvalue weighted by Gasteiger charge is 2.20. The molecule has 2 nitrogen and oxygen atoms in total. The van der Waals surface area contributed by atoms with E-state index < -0.39 is 6.23 Å². The van der Waals surface area contributed by atoms with Crippen LogP contribution in [-0.2, 0) is 0 Å². The van der Waals surface area contributed by atoms with Gasteiger partial charge in [-0.2, -0.15) is 0 Å². The second-order valence-electron chi connectivity index (χ2n) is 3.74. The summed E-state index contributed by atoms with van der Waals surface area (Å²) in [5.41, 5.74) is 1.12. The molecule has 1 heterocycles. The molecule has 1 fully saturated rings. The summed E-state index contributed by atoms with van der Waals surface area (Å²) >= 11 is 0. The van der Waals surface area contributed by atoms with Gasteiger partial charge < -0.3 is 5.11 Å². The van der Waals surface area contributed by atoms with Crippen molar-refractivity contribution < 1.29 is 9.50 Å². The Bertz CT molecular complexity index is 299. The Labute approximate surface area is 82.8 Å². The van der Waals surface area contributed by atoms with Crippen molar-refractivity contribution in [3.63, 3.8) is 0 Å². The minimum absolute atomic E-state index is 0.205. The molecule has 0 saturated carbocycles. The van der Waals surface area contributed by atoms with Gasteiger partial charge in [-0.3, -0.25) is 5.32 Å². The van der Waals surface area contributed by atoms with Crippen LogP contribution in [0.1, 0.15) is 24.3 Å². The van der Waals surface area contributed by atoms with Crippen LogP contribution < -0.4 is 5.32 Å². The van der Waals surface area contributed by atoms with E-state index in [2.05, 4.69) is 5.32 Å². The quantitative estimate of drug-likeness (QED) is 0.713. The van der Waals surface area contributed by atoms with Gasteiger partial charge in [0.05, 0.1) is 0 Å². The minimum Gasteiger partial charge on any atom is -0.379 e. The molecule has 0 radical (unpaired) electrons. The molecule has 0 aliphatic carbocycles. The Hall–Kier alpha value is -0.930. The van der Waals surface area contributed by atoms with Crippen molar-refractivity contribution in [1.29, 1.82) is 0 Å². The van der Waals surface area contributed by atoms with Gasteiger partial charge in [0, 0.05) is 0 Å². The molecule has 0 amide bonds. The maximum atomic E-state index is 12.7. The Morgan fingerprint density at radius 1 is 1.29 bits per heavy atom. The summed E-state index contributed by atoms with van der Waals surface area (Å²) in [6, 6.07) is 6.56. The first-order chi connectivity index (χ1) is 6.75. The number of nitrogens with one attached hydrogen (secondary N) is 1. The molecule has 0 aromatic heterocycles. The van der Waals surface area contributed by atoms with Gasteiger partial charge in [-0.05, 0) is 43.0 Å². The third-order valence-corrected chi connectivity index (χ3v) is 2.72. The van der Waals surface area contributed by atoms with Gasteiger partial charge in [0.25, 0.3) is 0 Å². The van der Waals surface area contributed by atoms with Crippen LogP contribution in [-0.4, -0.2) is 17.9 Å². The van der Waals surface area contributed by atoms with E-state index in [0.29, 0.717) is 12.3 Å². The fraction of sp³-hybridized carbons (Fsp3) is 0.455. The smallest absolute Gasteiger partial charge is 0.123 e. The zero-order valence-corrected chi connectivity index (χ0v) is 7.91. The molecule has 2 atom stereocenters.